The molecule has 1 aliphatic carbocycles. The molecule has 3 nitrogen and oxygen atoms in total. The molecule has 0 unspecified atom stereocenters. The maximum atomic E-state index is 5.97. The highest BCUT2D eigenvalue weighted by molar-refractivity contribution is 4.97. The lowest BCUT2D eigenvalue weighted by Crippen LogP contribution is -2.30. The number of nitrogens with zero attached hydrogens (tertiary/aromatic N) is 1. The third-order valence-electron chi connectivity index (χ3n) is 3.70. The van der Waals surface area contributed by atoms with Crippen molar-refractivity contribution in [1.29, 1.82) is 0 Å². The molecule has 2 atom stereocenters. The van der Waals surface area contributed by atoms with Gasteiger partial charge in [-0.15, -0.1) is 0 Å². The average molecular weight is 183 g/mol. The summed E-state index contributed by atoms with van der Waals surface area (Å²) in [5.41, 5.74) is 12.1. The van der Waals surface area contributed by atoms with Crippen molar-refractivity contribution >= 4 is 0 Å². The molecule has 1 heterocycles. The molecule has 0 aromatic heterocycles. The van der Waals surface area contributed by atoms with Gasteiger partial charge in [0.2, 0.25) is 0 Å². The lowest BCUT2D eigenvalue weighted by molar-refractivity contribution is 0.263. The number of hydrogen-bond acceptors (Lipinski definition) is 3. The Hall–Kier alpha value is -0.120. The van der Waals surface area contributed by atoms with Crippen LogP contribution >= 0.6 is 0 Å². The summed E-state index contributed by atoms with van der Waals surface area (Å²) in [7, 11) is 0. The van der Waals surface area contributed by atoms with Gasteiger partial charge >= 0.3 is 0 Å². The first-order valence-electron chi connectivity index (χ1n) is 5.42. The number of rotatable bonds is 2. The van der Waals surface area contributed by atoms with Crippen molar-refractivity contribution in [3.8, 4) is 0 Å². The van der Waals surface area contributed by atoms with Gasteiger partial charge in [0, 0.05) is 25.7 Å². The van der Waals surface area contributed by atoms with Crippen molar-refractivity contribution in [1.82, 2.24) is 4.90 Å². The fraction of sp³-hybridized carbons (Fsp3) is 1.00. The van der Waals surface area contributed by atoms with Gasteiger partial charge in [0.1, 0.15) is 0 Å². The standard InChI is InChI=1S/C10H21N3/c11-4-6-13-5-3-10(8-13)2-1-9(12)7-10/h9H,1-8,11-12H2/t9-,10+/m0/s1. The van der Waals surface area contributed by atoms with E-state index in [1.54, 1.807) is 0 Å². The molecule has 0 aromatic rings. The van der Waals surface area contributed by atoms with Crippen LogP contribution in [0.25, 0.3) is 0 Å². The SMILES string of the molecule is NCCN1CC[C@@]2(CC[C@H](N)C2)C1. The largest absolute Gasteiger partial charge is 0.329 e. The minimum atomic E-state index is 0.470. The van der Waals surface area contributed by atoms with E-state index in [-0.39, 0.29) is 0 Å². The average Bonchev–Trinajstić information content (AvgIpc) is 2.62. The zero-order valence-corrected chi connectivity index (χ0v) is 8.34. The van der Waals surface area contributed by atoms with Gasteiger partial charge in [-0.2, -0.15) is 0 Å². The summed E-state index contributed by atoms with van der Waals surface area (Å²) in [5.74, 6) is 0. The monoisotopic (exact) mass is 183 g/mol. The summed E-state index contributed by atoms with van der Waals surface area (Å²) in [6.07, 6.45) is 5.17. The van der Waals surface area contributed by atoms with Crippen LogP contribution in [0.3, 0.4) is 0 Å². The van der Waals surface area contributed by atoms with Crippen molar-refractivity contribution < 1.29 is 0 Å². The molecule has 2 rings (SSSR count). The minimum absolute atomic E-state index is 0.470. The van der Waals surface area contributed by atoms with E-state index in [1.165, 1.54) is 38.8 Å². The Morgan fingerprint density at radius 3 is 2.85 bits per heavy atom. The minimum Gasteiger partial charge on any atom is -0.329 e. The van der Waals surface area contributed by atoms with Gasteiger partial charge in [0.05, 0.1) is 0 Å². The number of likely N-dealkylation sites (tertiary alicyclic amines) is 1. The second kappa shape index (κ2) is 3.56. The van der Waals surface area contributed by atoms with E-state index < -0.39 is 0 Å². The fourth-order valence-corrected chi connectivity index (χ4v) is 3.02. The van der Waals surface area contributed by atoms with E-state index in [9.17, 15) is 0 Å². The van der Waals surface area contributed by atoms with E-state index in [2.05, 4.69) is 4.90 Å². The summed E-state index contributed by atoms with van der Waals surface area (Å²) >= 11 is 0. The quantitative estimate of drug-likeness (QED) is 0.640. The molecule has 4 N–H and O–H groups in total. The van der Waals surface area contributed by atoms with E-state index in [0.717, 1.165) is 13.1 Å². The smallest absolute Gasteiger partial charge is 0.0105 e. The maximum Gasteiger partial charge on any atom is 0.0105 e. The van der Waals surface area contributed by atoms with Crippen LogP contribution in [0, 0.1) is 5.41 Å². The Kier molecular flexibility index (Phi) is 2.58. The first-order chi connectivity index (χ1) is 6.24. The highest BCUT2D eigenvalue weighted by Crippen LogP contribution is 2.44. The molecule has 0 aromatic carbocycles. The Labute approximate surface area is 80.5 Å². The van der Waals surface area contributed by atoms with Crippen molar-refractivity contribution in [2.24, 2.45) is 16.9 Å². The second-order valence-electron chi connectivity index (χ2n) is 4.82. The molecule has 1 saturated heterocycles. The number of hydrogen-bond donors (Lipinski definition) is 2. The molecular formula is C10H21N3. The first-order valence-corrected chi connectivity index (χ1v) is 5.42. The van der Waals surface area contributed by atoms with Gasteiger partial charge in [-0.3, -0.25) is 0 Å². The molecular weight excluding hydrogens is 162 g/mol. The van der Waals surface area contributed by atoms with Gasteiger partial charge in [-0.25, -0.2) is 0 Å². The molecule has 0 bridgehead atoms. The molecule has 1 aliphatic heterocycles. The fourth-order valence-electron chi connectivity index (χ4n) is 3.02. The molecule has 1 saturated carbocycles. The summed E-state index contributed by atoms with van der Waals surface area (Å²) in [6.45, 7) is 4.35. The zero-order valence-electron chi connectivity index (χ0n) is 8.34. The van der Waals surface area contributed by atoms with E-state index in [1.807, 2.05) is 0 Å². The topological polar surface area (TPSA) is 55.3 Å². The van der Waals surface area contributed by atoms with Crippen LogP contribution in [-0.2, 0) is 0 Å². The van der Waals surface area contributed by atoms with Crippen LogP contribution in [0.5, 0.6) is 0 Å². The van der Waals surface area contributed by atoms with Gasteiger partial charge in [-0.05, 0) is 37.6 Å². The Morgan fingerprint density at radius 1 is 1.38 bits per heavy atom. The third kappa shape index (κ3) is 1.87. The van der Waals surface area contributed by atoms with Crippen LogP contribution in [0.1, 0.15) is 25.7 Å². The summed E-state index contributed by atoms with van der Waals surface area (Å²) in [4.78, 5) is 2.50. The zero-order chi connectivity index (χ0) is 9.31. The van der Waals surface area contributed by atoms with Gasteiger partial charge in [0.25, 0.3) is 0 Å². The first kappa shape index (κ1) is 9.44. The second-order valence-corrected chi connectivity index (χ2v) is 4.82. The van der Waals surface area contributed by atoms with Gasteiger partial charge < -0.3 is 16.4 Å². The molecule has 2 fully saturated rings. The van der Waals surface area contributed by atoms with E-state index in [0.29, 0.717) is 11.5 Å². The molecule has 0 radical (unpaired) electrons. The third-order valence-corrected chi connectivity index (χ3v) is 3.70. The highest BCUT2D eigenvalue weighted by Gasteiger charge is 2.42. The Morgan fingerprint density at radius 2 is 2.23 bits per heavy atom. The van der Waals surface area contributed by atoms with Gasteiger partial charge in [-0.1, -0.05) is 0 Å². The predicted molar refractivity (Wildman–Crippen MR) is 54.4 cm³/mol. The molecule has 3 heteroatoms. The van der Waals surface area contributed by atoms with Crippen molar-refractivity contribution in [2.75, 3.05) is 26.2 Å². The highest BCUT2D eigenvalue weighted by atomic mass is 15.2. The van der Waals surface area contributed by atoms with Crippen LogP contribution in [0.15, 0.2) is 0 Å². The van der Waals surface area contributed by atoms with Crippen molar-refractivity contribution in [3.05, 3.63) is 0 Å². The lowest BCUT2D eigenvalue weighted by atomic mass is 9.85. The van der Waals surface area contributed by atoms with Crippen LogP contribution < -0.4 is 11.5 Å². The molecule has 13 heavy (non-hydrogen) atoms. The van der Waals surface area contributed by atoms with Gasteiger partial charge in [0.15, 0.2) is 0 Å². The predicted octanol–water partition coefficient (Wildman–Crippen LogP) is 0.148. The van der Waals surface area contributed by atoms with Crippen LogP contribution in [-0.4, -0.2) is 37.1 Å². The molecule has 1 spiro atoms. The van der Waals surface area contributed by atoms with E-state index >= 15 is 0 Å². The van der Waals surface area contributed by atoms with Crippen molar-refractivity contribution in [3.63, 3.8) is 0 Å². The van der Waals surface area contributed by atoms with Crippen LogP contribution in [0.4, 0.5) is 0 Å². The lowest BCUT2D eigenvalue weighted by Gasteiger charge is -2.23. The Balaban J connectivity index is 1.89. The maximum absolute atomic E-state index is 5.97. The summed E-state index contributed by atoms with van der Waals surface area (Å²) < 4.78 is 0. The molecule has 76 valence electrons. The van der Waals surface area contributed by atoms with E-state index in [4.69, 9.17) is 11.5 Å². The normalized spacial score (nSPS) is 40.6. The van der Waals surface area contributed by atoms with Crippen molar-refractivity contribution in [2.45, 2.75) is 31.7 Å². The summed E-state index contributed by atoms with van der Waals surface area (Å²) in [5, 5.41) is 0. The summed E-state index contributed by atoms with van der Waals surface area (Å²) in [6, 6.07) is 0.470. The number of nitrogens with two attached hydrogens (primary N) is 2. The molecule has 0 amide bonds. The molecule has 2 aliphatic rings. The van der Waals surface area contributed by atoms with Crippen LogP contribution in [0.2, 0.25) is 0 Å². The Bertz CT molecular complexity index is 183.